The van der Waals surface area contributed by atoms with Gasteiger partial charge in [-0.3, -0.25) is 4.79 Å². The van der Waals surface area contributed by atoms with Gasteiger partial charge >= 0.3 is 0 Å². The molecule has 25 heavy (non-hydrogen) atoms. The zero-order valence-corrected chi connectivity index (χ0v) is 15.2. The van der Waals surface area contributed by atoms with E-state index >= 15 is 0 Å². The van der Waals surface area contributed by atoms with Gasteiger partial charge in [0.05, 0.1) is 6.07 Å². The van der Waals surface area contributed by atoms with Crippen molar-refractivity contribution in [1.82, 2.24) is 5.32 Å². The van der Waals surface area contributed by atoms with Gasteiger partial charge in [-0.25, -0.2) is 0 Å². The number of amides is 1. The minimum absolute atomic E-state index is 0.216. The fourth-order valence-electron chi connectivity index (χ4n) is 2.46. The van der Waals surface area contributed by atoms with Gasteiger partial charge in [0.15, 0.2) is 0 Å². The van der Waals surface area contributed by atoms with Crippen LogP contribution in [0.5, 0.6) is 0 Å². The fraction of sp³-hybridized carbons (Fsp3) is 0.381. The normalized spacial score (nSPS) is 13.4. The Labute approximate surface area is 150 Å². The van der Waals surface area contributed by atoms with E-state index in [1.807, 2.05) is 24.3 Å². The summed E-state index contributed by atoms with van der Waals surface area (Å²) in [5, 5.41) is 11.5. The number of nitriles is 1. The molecule has 1 aromatic rings. The number of rotatable bonds is 10. The predicted molar refractivity (Wildman–Crippen MR) is 101 cm³/mol. The molecule has 1 N–H and O–H groups in total. The van der Waals surface area contributed by atoms with Crippen molar-refractivity contribution in [2.45, 2.75) is 46.1 Å². The number of hydrogen-bond acceptors (Lipinski definition) is 3. The first-order valence-corrected chi connectivity index (χ1v) is 8.42. The van der Waals surface area contributed by atoms with Crippen molar-refractivity contribution in [3.63, 3.8) is 0 Å². The van der Waals surface area contributed by atoms with Crippen LogP contribution in [0.4, 0.5) is 0 Å². The van der Waals surface area contributed by atoms with Gasteiger partial charge in [-0.2, -0.15) is 5.26 Å². The molecular weight excluding hydrogens is 312 g/mol. The standard InChI is InChI=1S/C21H26N2O2/c1-15(5-6-18(4)25)16(2)11-17(3)20-9-7-19(8-10-20)12-21(13-22)23-14-24/h7-11,14-15,21H,3,5-6,12H2,1-2,4H3,(H,23,24)/b16-11+/t15?,21-/m0/s1. The third-order valence-corrected chi connectivity index (χ3v) is 4.30. The Morgan fingerprint density at radius 3 is 2.48 bits per heavy atom. The topological polar surface area (TPSA) is 70.0 Å². The van der Waals surface area contributed by atoms with Crippen LogP contribution in [-0.2, 0) is 16.0 Å². The summed E-state index contributed by atoms with van der Waals surface area (Å²) in [5.74, 6) is 0.555. The van der Waals surface area contributed by atoms with Crippen molar-refractivity contribution in [3.8, 4) is 6.07 Å². The average molecular weight is 338 g/mol. The monoisotopic (exact) mass is 338 g/mol. The van der Waals surface area contributed by atoms with Crippen molar-refractivity contribution in [1.29, 1.82) is 5.26 Å². The van der Waals surface area contributed by atoms with Crippen LogP contribution in [0.3, 0.4) is 0 Å². The second-order valence-corrected chi connectivity index (χ2v) is 6.42. The molecule has 0 saturated heterocycles. The molecule has 0 radical (unpaired) electrons. The highest BCUT2D eigenvalue weighted by atomic mass is 16.1. The molecule has 0 saturated carbocycles. The van der Waals surface area contributed by atoms with Gasteiger partial charge in [0.2, 0.25) is 6.41 Å². The minimum Gasteiger partial charge on any atom is -0.343 e. The first kappa shape index (κ1) is 20.4. The highest BCUT2D eigenvalue weighted by Crippen LogP contribution is 2.22. The van der Waals surface area contributed by atoms with E-state index in [2.05, 4.69) is 37.9 Å². The molecule has 132 valence electrons. The molecule has 1 amide bonds. The maximum absolute atomic E-state index is 11.1. The molecule has 4 nitrogen and oxygen atoms in total. The average Bonchev–Trinajstić information content (AvgIpc) is 2.59. The first-order chi connectivity index (χ1) is 11.9. The van der Waals surface area contributed by atoms with Gasteiger partial charge in [0, 0.05) is 12.8 Å². The molecule has 2 atom stereocenters. The molecule has 0 heterocycles. The third kappa shape index (κ3) is 7.17. The summed E-state index contributed by atoms with van der Waals surface area (Å²) < 4.78 is 0. The molecule has 0 spiro atoms. The van der Waals surface area contributed by atoms with Crippen molar-refractivity contribution >= 4 is 17.8 Å². The van der Waals surface area contributed by atoms with Gasteiger partial charge < -0.3 is 10.1 Å². The quantitative estimate of drug-likeness (QED) is 0.520. The molecule has 0 bridgehead atoms. The van der Waals surface area contributed by atoms with Crippen LogP contribution in [0.1, 0.15) is 44.7 Å². The second-order valence-electron chi connectivity index (χ2n) is 6.42. The molecule has 0 fully saturated rings. The van der Waals surface area contributed by atoms with Gasteiger partial charge in [-0.15, -0.1) is 0 Å². The Bertz CT molecular complexity index is 681. The maximum Gasteiger partial charge on any atom is 0.208 e. The zero-order valence-electron chi connectivity index (χ0n) is 15.2. The Morgan fingerprint density at radius 1 is 1.32 bits per heavy atom. The van der Waals surface area contributed by atoms with Crippen molar-refractivity contribution in [2.75, 3.05) is 0 Å². The number of allylic oxidation sites excluding steroid dienone is 3. The second kappa shape index (κ2) is 10.2. The SMILES string of the molecule is C=C(/C=C(\C)C(C)CCC(C)=O)c1ccc(C[C@@H](C#N)NC=O)cc1. The Balaban J connectivity index is 2.73. The number of nitrogens with zero attached hydrogens (tertiary/aromatic N) is 1. The largest absolute Gasteiger partial charge is 0.343 e. The smallest absolute Gasteiger partial charge is 0.208 e. The molecule has 1 unspecified atom stereocenters. The summed E-state index contributed by atoms with van der Waals surface area (Å²) in [6.07, 6.45) is 4.53. The summed E-state index contributed by atoms with van der Waals surface area (Å²) in [6.45, 7) is 9.92. The lowest BCUT2D eigenvalue weighted by Crippen LogP contribution is -2.28. The van der Waals surface area contributed by atoms with Crippen LogP contribution in [-0.4, -0.2) is 18.2 Å². The molecule has 0 aromatic heterocycles. The van der Waals surface area contributed by atoms with Gasteiger partial charge in [0.25, 0.3) is 0 Å². The van der Waals surface area contributed by atoms with Crippen LogP contribution >= 0.6 is 0 Å². The highest BCUT2D eigenvalue weighted by Gasteiger charge is 2.09. The van der Waals surface area contributed by atoms with E-state index in [4.69, 9.17) is 5.26 Å². The third-order valence-electron chi connectivity index (χ3n) is 4.30. The first-order valence-electron chi connectivity index (χ1n) is 8.42. The van der Waals surface area contributed by atoms with Crippen LogP contribution < -0.4 is 5.32 Å². The van der Waals surface area contributed by atoms with Crippen LogP contribution in [0.2, 0.25) is 0 Å². The van der Waals surface area contributed by atoms with Gasteiger partial charge in [-0.05, 0) is 42.9 Å². The molecule has 0 aliphatic heterocycles. The highest BCUT2D eigenvalue weighted by molar-refractivity contribution is 5.75. The number of ketones is 1. The van der Waals surface area contributed by atoms with Crippen molar-refractivity contribution in [2.24, 2.45) is 5.92 Å². The molecule has 1 rings (SSSR count). The molecule has 0 aliphatic carbocycles. The van der Waals surface area contributed by atoms with E-state index in [0.717, 1.165) is 23.1 Å². The lowest BCUT2D eigenvalue weighted by molar-refractivity contribution is -0.117. The molecular formula is C21H26N2O2. The Morgan fingerprint density at radius 2 is 1.96 bits per heavy atom. The van der Waals surface area contributed by atoms with Gasteiger partial charge in [-0.1, -0.05) is 49.4 Å². The van der Waals surface area contributed by atoms with Gasteiger partial charge in [0.1, 0.15) is 11.8 Å². The Kier molecular flexibility index (Phi) is 8.35. The van der Waals surface area contributed by atoms with E-state index in [9.17, 15) is 9.59 Å². The molecule has 1 aromatic carbocycles. The van der Waals surface area contributed by atoms with E-state index in [-0.39, 0.29) is 5.78 Å². The number of benzene rings is 1. The number of hydrogen-bond donors (Lipinski definition) is 1. The maximum atomic E-state index is 11.1. The number of carbonyl (C=O) groups is 2. The van der Waals surface area contributed by atoms with Crippen LogP contribution in [0.15, 0.2) is 42.5 Å². The number of nitrogens with one attached hydrogen (secondary N) is 1. The predicted octanol–water partition coefficient (Wildman–Crippen LogP) is 3.83. The zero-order chi connectivity index (χ0) is 18.8. The molecule has 0 aliphatic rings. The summed E-state index contributed by atoms with van der Waals surface area (Å²) in [7, 11) is 0. The minimum atomic E-state index is -0.518. The van der Waals surface area contributed by atoms with E-state index in [1.54, 1.807) is 6.92 Å². The summed E-state index contributed by atoms with van der Waals surface area (Å²) in [6, 6.07) is 9.36. The summed E-state index contributed by atoms with van der Waals surface area (Å²) in [5.41, 5.74) is 4.11. The van der Waals surface area contributed by atoms with Crippen LogP contribution in [0, 0.1) is 17.2 Å². The fourth-order valence-corrected chi connectivity index (χ4v) is 2.46. The van der Waals surface area contributed by atoms with Crippen molar-refractivity contribution in [3.05, 3.63) is 53.6 Å². The molecule has 4 heteroatoms. The Hall–Kier alpha value is -2.67. The number of carbonyl (C=O) groups excluding carboxylic acids is 2. The van der Waals surface area contributed by atoms with Crippen LogP contribution in [0.25, 0.3) is 5.57 Å². The van der Waals surface area contributed by atoms with Crippen molar-refractivity contribution < 1.29 is 9.59 Å². The van der Waals surface area contributed by atoms with E-state index in [0.29, 0.717) is 25.2 Å². The summed E-state index contributed by atoms with van der Waals surface area (Å²) in [4.78, 5) is 21.6. The van der Waals surface area contributed by atoms with E-state index < -0.39 is 6.04 Å². The summed E-state index contributed by atoms with van der Waals surface area (Å²) >= 11 is 0. The lowest BCUT2D eigenvalue weighted by Gasteiger charge is -2.13. The van der Waals surface area contributed by atoms with E-state index in [1.165, 1.54) is 5.57 Å². The number of Topliss-reactive ketones (excluding diaryl/α,β-unsaturated/α-hetero) is 1. The lowest BCUT2D eigenvalue weighted by atomic mass is 9.93.